The third kappa shape index (κ3) is 4.58. The third-order valence-electron chi connectivity index (χ3n) is 7.24. The van der Waals surface area contributed by atoms with Crippen molar-refractivity contribution in [1.82, 2.24) is 19.9 Å². The molecule has 3 fully saturated rings. The molecule has 2 atom stereocenters. The molecule has 2 aromatic heterocycles. The summed E-state index contributed by atoms with van der Waals surface area (Å²) in [5, 5.41) is 9.94. The monoisotopic (exact) mass is 507 g/mol. The number of halogens is 2. The number of aromatic nitrogens is 3. The second kappa shape index (κ2) is 8.89. The van der Waals surface area contributed by atoms with Gasteiger partial charge in [-0.3, -0.25) is 4.90 Å². The van der Waals surface area contributed by atoms with E-state index >= 15 is 0 Å². The van der Waals surface area contributed by atoms with Crippen molar-refractivity contribution in [1.29, 1.82) is 0 Å². The molecule has 190 valence electrons. The van der Waals surface area contributed by atoms with Gasteiger partial charge in [0.2, 0.25) is 0 Å². The van der Waals surface area contributed by atoms with E-state index in [1.807, 2.05) is 30.6 Å². The lowest BCUT2D eigenvalue weighted by atomic mass is 9.70. The number of aliphatic hydroxyl groups excluding tert-OH is 1. The Morgan fingerprint density at radius 3 is 2.51 bits per heavy atom. The minimum absolute atomic E-state index is 0.0214. The summed E-state index contributed by atoms with van der Waals surface area (Å²) in [5.74, 6) is -0.228. The van der Waals surface area contributed by atoms with Crippen molar-refractivity contribution in [3.8, 4) is 6.01 Å². The van der Waals surface area contributed by atoms with E-state index in [2.05, 4.69) is 15.0 Å². The Hall–Kier alpha value is -2.46. The van der Waals surface area contributed by atoms with Gasteiger partial charge in [0, 0.05) is 24.7 Å². The number of aliphatic hydroxyl groups is 1. The summed E-state index contributed by atoms with van der Waals surface area (Å²) in [6, 6.07) is -0.0539. The van der Waals surface area contributed by atoms with E-state index < -0.39 is 11.4 Å². The number of piperazine rings is 1. The standard InChI is InChI=1S/C24H31ClFN5O4/c1-23(2,3)35-22(33)31-14-5-6-15(31)11-30(10-14)20-16-9-27-19(25)17(26)18(16)28-21(29-20)34-13-24(12-32)7-4-8-24/h9,14-15,32H,4-8,10-13H2,1-3H3. The number of hydrogen-bond donors (Lipinski definition) is 1. The summed E-state index contributed by atoms with van der Waals surface area (Å²) in [5.41, 5.74) is -0.832. The van der Waals surface area contributed by atoms with Gasteiger partial charge in [0.05, 0.1) is 30.7 Å². The van der Waals surface area contributed by atoms with Gasteiger partial charge < -0.3 is 19.5 Å². The molecule has 11 heteroatoms. The van der Waals surface area contributed by atoms with Gasteiger partial charge in [0.25, 0.3) is 0 Å². The van der Waals surface area contributed by atoms with Crippen molar-refractivity contribution < 1.29 is 23.8 Å². The number of amides is 1. The van der Waals surface area contributed by atoms with Crippen LogP contribution in [0.5, 0.6) is 6.01 Å². The van der Waals surface area contributed by atoms with E-state index in [-0.39, 0.29) is 53.5 Å². The maximum absolute atomic E-state index is 15.0. The van der Waals surface area contributed by atoms with Gasteiger partial charge in [-0.05, 0) is 46.5 Å². The normalized spacial score (nSPS) is 23.4. The maximum atomic E-state index is 15.0. The molecule has 1 N–H and O–H groups in total. The SMILES string of the molecule is CC(C)(C)OC(=O)N1C2CCC1CN(c1nc(OCC3(CO)CCC3)nc3c(F)c(Cl)ncc13)C2. The molecular formula is C24H31ClFN5O4. The van der Waals surface area contributed by atoms with Gasteiger partial charge in [-0.2, -0.15) is 9.97 Å². The van der Waals surface area contributed by atoms with E-state index in [9.17, 15) is 14.3 Å². The zero-order chi connectivity index (χ0) is 25.0. The van der Waals surface area contributed by atoms with Crippen LogP contribution >= 0.6 is 11.6 Å². The quantitative estimate of drug-likeness (QED) is 0.607. The van der Waals surface area contributed by atoms with Gasteiger partial charge in [-0.15, -0.1) is 0 Å². The molecule has 2 unspecified atom stereocenters. The van der Waals surface area contributed by atoms with Crippen molar-refractivity contribution in [3.63, 3.8) is 0 Å². The highest BCUT2D eigenvalue weighted by atomic mass is 35.5. The van der Waals surface area contributed by atoms with Crippen LogP contribution in [-0.2, 0) is 4.74 Å². The highest BCUT2D eigenvalue weighted by Crippen LogP contribution is 2.41. The zero-order valence-corrected chi connectivity index (χ0v) is 21.0. The lowest BCUT2D eigenvalue weighted by Gasteiger charge is -2.42. The Morgan fingerprint density at radius 1 is 1.26 bits per heavy atom. The molecule has 0 radical (unpaired) electrons. The molecule has 1 amide bonds. The predicted molar refractivity (Wildman–Crippen MR) is 128 cm³/mol. The smallest absolute Gasteiger partial charge is 0.410 e. The Bertz CT molecular complexity index is 1120. The maximum Gasteiger partial charge on any atom is 0.410 e. The molecule has 9 nitrogen and oxygen atoms in total. The molecule has 1 saturated carbocycles. The number of fused-ring (bicyclic) bond motifs is 3. The van der Waals surface area contributed by atoms with E-state index in [4.69, 9.17) is 21.1 Å². The van der Waals surface area contributed by atoms with Crippen LogP contribution < -0.4 is 9.64 Å². The van der Waals surface area contributed by atoms with E-state index in [0.717, 1.165) is 32.1 Å². The highest BCUT2D eigenvalue weighted by molar-refractivity contribution is 6.30. The first-order chi connectivity index (χ1) is 16.6. The molecule has 2 bridgehead atoms. The van der Waals surface area contributed by atoms with Gasteiger partial charge >= 0.3 is 12.1 Å². The summed E-state index contributed by atoms with van der Waals surface area (Å²) in [7, 11) is 0. The second-order valence-electron chi connectivity index (χ2n) is 10.9. The summed E-state index contributed by atoms with van der Waals surface area (Å²) >= 11 is 5.95. The highest BCUT2D eigenvalue weighted by Gasteiger charge is 2.45. The number of hydrogen-bond acceptors (Lipinski definition) is 8. The minimum atomic E-state index is -0.728. The predicted octanol–water partition coefficient (Wildman–Crippen LogP) is 3.95. The van der Waals surface area contributed by atoms with Gasteiger partial charge in [0.15, 0.2) is 11.0 Å². The number of anilines is 1. The van der Waals surface area contributed by atoms with Crippen molar-refractivity contribution >= 4 is 34.4 Å². The lowest BCUT2D eigenvalue weighted by Crippen LogP contribution is -2.57. The Kier molecular flexibility index (Phi) is 6.15. The average Bonchev–Trinajstić information content (AvgIpc) is 3.04. The molecule has 0 aromatic carbocycles. The summed E-state index contributed by atoms with van der Waals surface area (Å²) < 4.78 is 26.5. The van der Waals surface area contributed by atoms with Crippen molar-refractivity contribution in [2.24, 2.45) is 5.41 Å². The number of carbonyl (C=O) groups excluding carboxylic acids is 1. The lowest BCUT2D eigenvalue weighted by molar-refractivity contribution is -0.00268. The molecule has 1 aliphatic carbocycles. The largest absolute Gasteiger partial charge is 0.463 e. The topological polar surface area (TPSA) is 101 Å². The van der Waals surface area contributed by atoms with Gasteiger partial charge in [0.1, 0.15) is 16.9 Å². The number of pyridine rings is 1. The number of carbonyl (C=O) groups is 1. The van der Waals surface area contributed by atoms with Crippen molar-refractivity contribution in [3.05, 3.63) is 17.2 Å². The number of nitrogens with zero attached hydrogens (tertiary/aromatic N) is 5. The van der Waals surface area contributed by atoms with Crippen LogP contribution in [0.15, 0.2) is 6.20 Å². The number of rotatable bonds is 5. The van der Waals surface area contributed by atoms with Crippen LogP contribution in [0.3, 0.4) is 0 Å². The molecule has 4 heterocycles. The first kappa shape index (κ1) is 24.2. The Labute approximate surface area is 208 Å². The summed E-state index contributed by atoms with van der Waals surface area (Å²) in [4.78, 5) is 29.6. The van der Waals surface area contributed by atoms with Crippen LogP contribution in [-0.4, -0.2) is 75.0 Å². The van der Waals surface area contributed by atoms with E-state index in [0.29, 0.717) is 24.3 Å². The summed E-state index contributed by atoms with van der Waals surface area (Å²) in [6.07, 6.45) is 5.63. The van der Waals surface area contributed by atoms with Crippen LogP contribution in [0.4, 0.5) is 15.0 Å². The number of ether oxygens (including phenoxy) is 2. The first-order valence-corrected chi connectivity index (χ1v) is 12.5. The third-order valence-corrected chi connectivity index (χ3v) is 7.51. The van der Waals surface area contributed by atoms with E-state index in [1.165, 1.54) is 6.20 Å². The Morgan fingerprint density at radius 2 is 1.94 bits per heavy atom. The van der Waals surface area contributed by atoms with Crippen LogP contribution in [0, 0.1) is 11.2 Å². The fourth-order valence-corrected chi connectivity index (χ4v) is 5.37. The molecule has 2 saturated heterocycles. The summed E-state index contributed by atoms with van der Waals surface area (Å²) in [6.45, 7) is 6.89. The van der Waals surface area contributed by atoms with Gasteiger partial charge in [-0.25, -0.2) is 14.2 Å². The molecule has 5 rings (SSSR count). The van der Waals surface area contributed by atoms with Crippen LogP contribution in [0.2, 0.25) is 5.15 Å². The molecule has 0 spiro atoms. The Balaban J connectivity index is 1.45. The molecule has 2 aliphatic heterocycles. The van der Waals surface area contributed by atoms with Crippen molar-refractivity contribution in [2.75, 3.05) is 31.2 Å². The van der Waals surface area contributed by atoms with Crippen LogP contribution in [0.1, 0.15) is 52.9 Å². The zero-order valence-electron chi connectivity index (χ0n) is 20.3. The molecule has 2 aromatic rings. The fraction of sp³-hybridized carbons (Fsp3) is 0.667. The molecule has 35 heavy (non-hydrogen) atoms. The molecular weight excluding hydrogens is 477 g/mol. The fourth-order valence-electron chi connectivity index (χ4n) is 5.24. The minimum Gasteiger partial charge on any atom is -0.463 e. The average molecular weight is 508 g/mol. The van der Waals surface area contributed by atoms with E-state index in [1.54, 1.807) is 0 Å². The van der Waals surface area contributed by atoms with Crippen LogP contribution in [0.25, 0.3) is 10.9 Å². The van der Waals surface area contributed by atoms with Crippen molar-refractivity contribution in [2.45, 2.75) is 70.6 Å². The first-order valence-electron chi connectivity index (χ1n) is 12.1. The molecule has 3 aliphatic rings. The second-order valence-corrected chi connectivity index (χ2v) is 11.3. The van der Waals surface area contributed by atoms with Gasteiger partial charge in [-0.1, -0.05) is 18.0 Å².